The zero-order valence-corrected chi connectivity index (χ0v) is 11.9. The largest absolute Gasteiger partial charge is 0.465 e. The monoisotopic (exact) mass is 294 g/mol. The predicted octanol–water partition coefficient (Wildman–Crippen LogP) is 3.41. The average molecular weight is 295 g/mol. The highest BCUT2D eigenvalue weighted by molar-refractivity contribution is 6.33. The van der Waals surface area contributed by atoms with Crippen LogP contribution in [0.5, 0.6) is 0 Å². The minimum Gasteiger partial charge on any atom is -0.465 e. The van der Waals surface area contributed by atoms with Crippen LogP contribution in [0.4, 0.5) is 5.69 Å². The summed E-state index contributed by atoms with van der Waals surface area (Å²) in [7, 11) is 1.34. The topological polar surface area (TPSA) is 78.3 Å². The minimum atomic E-state index is -0.402. The molecule has 1 aliphatic heterocycles. The number of piperidine rings is 1. The fraction of sp³-hybridized carbons (Fsp3) is 0.462. The predicted molar refractivity (Wildman–Crippen MR) is 77.2 cm³/mol. The highest BCUT2D eigenvalue weighted by Crippen LogP contribution is 2.30. The lowest BCUT2D eigenvalue weighted by Gasteiger charge is -2.32. The third kappa shape index (κ3) is 3.15. The zero-order valence-electron chi connectivity index (χ0n) is 11.1. The van der Waals surface area contributed by atoms with Gasteiger partial charge in [-0.25, -0.2) is 4.79 Å². The van der Waals surface area contributed by atoms with Crippen LogP contribution in [-0.4, -0.2) is 32.2 Å². The molecule has 0 aromatic heterocycles. The number of benzene rings is 1. The molecule has 0 saturated carbocycles. The van der Waals surface area contributed by atoms with Crippen molar-refractivity contribution in [2.24, 2.45) is 5.11 Å². The second kappa shape index (κ2) is 6.50. The fourth-order valence-electron chi connectivity index (χ4n) is 2.30. The van der Waals surface area contributed by atoms with Crippen molar-refractivity contribution in [2.45, 2.75) is 18.9 Å². The van der Waals surface area contributed by atoms with Gasteiger partial charge in [-0.05, 0) is 36.6 Å². The quantitative estimate of drug-likeness (QED) is 0.371. The van der Waals surface area contributed by atoms with Crippen molar-refractivity contribution in [3.05, 3.63) is 39.2 Å². The lowest BCUT2D eigenvalue weighted by Crippen LogP contribution is -2.35. The Balaban J connectivity index is 2.10. The maximum Gasteiger partial charge on any atom is 0.337 e. The molecule has 2 rings (SSSR count). The van der Waals surface area contributed by atoms with Crippen LogP contribution in [0.1, 0.15) is 23.2 Å². The molecule has 0 spiro atoms. The van der Waals surface area contributed by atoms with Crippen LogP contribution in [0.25, 0.3) is 10.4 Å². The first-order valence-electron chi connectivity index (χ1n) is 6.32. The molecular formula is C13H15ClN4O2. The van der Waals surface area contributed by atoms with E-state index in [1.807, 2.05) is 6.07 Å². The van der Waals surface area contributed by atoms with Gasteiger partial charge in [0.2, 0.25) is 0 Å². The lowest BCUT2D eigenvalue weighted by molar-refractivity contribution is 0.0601. The average Bonchev–Trinajstić information content (AvgIpc) is 2.47. The first-order chi connectivity index (χ1) is 9.65. The minimum absolute atomic E-state index is 0.0596. The molecule has 1 fully saturated rings. The van der Waals surface area contributed by atoms with Gasteiger partial charge < -0.3 is 9.64 Å². The Labute approximate surface area is 121 Å². The van der Waals surface area contributed by atoms with E-state index in [0.717, 1.165) is 31.6 Å². The fourth-order valence-corrected chi connectivity index (χ4v) is 2.60. The standard InChI is InChI=1S/C13H15ClN4O2/c1-20-13(19)9-2-3-12(11(14)8-9)18-6-4-10(5-7-18)16-17-15/h2-3,8,10H,4-7H2,1H3. The van der Waals surface area contributed by atoms with Crippen molar-refractivity contribution >= 4 is 23.3 Å². The van der Waals surface area contributed by atoms with Crippen molar-refractivity contribution in [1.29, 1.82) is 0 Å². The summed E-state index contributed by atoms with van der Waals surface area (Å²) in [6.07, 6.45) is 1.61. The second-order valence-electron chi connectivity index (χ2n) is 4.58. The summed E-state index contributed by atoms with van der Waals surface area (Å²) in [6.45, 7) is 1.56. The maximum absolute atomic E-state index is 11.4. The van der Waals surface area contributed by atoms with Gasteiger partial charge in [0, 0.05) is 24.0 Å². The summed E-state index contributed by atoms with van der Waals surface area (Å²) in [5, 5.41) is 4.27. The van der Waals surface area contributed by atoms with E-state index < -0.39 is 5.97 Å². The third-order valence-electron chi connectivity index (χ3n) is 3.39. The molecule has 6 nitrogen and oxygen atoms in total. The molecule has 0 unspecified atom stereocenters. The molecule has 1 heterocycles. The van der Waals surface area contributed by atoms with E-state index in [9.17, 15) is 4.79 Å². The molecule has 20 heavy (non-hydrogen) atoms. The van der Waals surface area contributed by atoms with Gasteiger partial charge in [0.15, 0.2) is 0 Å². The highest BCUT2D eigenvalue weighted by atomic mass is 35.5. The molecule has 0 radical (unpaired) electrons. The molecule has 1 aliphatic rings. The number of ether oxygens (including phenoxy) is 1. The number of methoxy groups -OCH3 is 1. The summed E-state index contributed by atoms with van der Waals surface area (Å²) in [5.41, 5.74) is 9.75. The molecule has 1 aromatic carbocycles. The smallest absolute Gasteiger partial charge is 0.337 e. The number of hydrogen-bond donors (Lipinski definition) is 0. The summed E-state index contributed by atoms with van der Waals surface area (Å²) in [4.78, 5) is 16.4. The number of carbonyl (C=O) groups excluding carboxylic acids is 1. The van der Waals surface area contributed by atoms with E-state index >= 15 is 0 Å². The Bertz CT molecular complexity index is 549. The lowest BCUT2D eigenvalue weighted by atomic mass is 10.0. The number of nitrogens with zero attached hydrogens (tertiary/aromatic N) is 4. The van der Waals surface area contributed by atoms with E-state index in [1.165, 1.54) is 7.11 Å². The molecule has 1 aromatic rings. The van der Waals surface area contributed by atoms with E-state index in [-0.39, 0.29) is 6.04 Å². The van der Waals surface area contributed by atoms with Gasteiger partial charge in [0.05, 0.1) is 23.4 Å². The zero-order chi connectivity index (χ0) is 14.5. The van der Waals surface area contributed by atoms with Gasteiger partial charge in [-0.2, -0.15) is 0 Å². The normalized spacial score (nSPS) is 15.6. The summed E-state index contributed by atoms with van der Waals surface area (Å²) in [5.74, 6) is -0.402. The van der Waals surface area contributed by atoms with Crippen LogP contribution in [0.15, 0.2) is 23.3 Å². The number of hydrogen-bond acceptors (Lipinski definition) is 4. The number of rotatable bonds is 3. The third-order valence-corrected chi connectivity index (χ3v) is 3.69. The maximum atomic E-state index is 11.4. The molecule has 0 amide bonds. The first-order valence-corrected chi connectivity index (χ1v) is 6.70. The van der Waals surface area contributed by atoms with Gasteiger partial charge in [-0.3, -0.25) is 0 Å². The molecule has 0 N–H and O–H groups in total. The molecule has 0 bridgehead atoms. The molecule has 0 atom stereocenters. The number of carbonyl (C=O) groups is 1. The van der Waals surface area contributed by atoms with Crippen LogP contribution in [0.2, 0.25) is 5.02 Å². The van der Waals surface area contributed by atoms with Gasteiger partial charge >= 0.3 is 5.97 Å². The Morgan fingerprint density at radius 1 is 1.50 bits per heavy atom. The van der Waals surface area contributed by atoms with E-state index in [1.54, 1.807) is 12.1 Å². The molecule has 106 valence electrons. The molecular weight excluding hydrogens is 280 g/mol. The first kappa shape index (κ1) is 14.5. The van der Waals surface area contributed by atoms with E-state index in [0.29, 0.717) is 10.6 Å². The SMILES string of the molecule is COC(=O)c1ccc(N2CCC(N=[N+]=[N-])CC2)c(Cl)c1. The van der Waals surface area contributed by atoms with Gasteiger partial charge in [0.1, 0.15) is 0 Å². The van der Waals surface area contributed by atoms with Crippen LogP contribution in [-0.2, 0) is 4.74 Å². The Morgan fingerprint density at radius 3 is 2.75 bits per heavy atom. The summed E-state index contributed by atoms with van der Waals surface area (Å²) >= 11 is 6.23. The van der Waals surface area contributed by atoms with Gasteiger partial charge in [-0.15, -0.1) is 0 Å². The second-order valence-corrected chi connectivity index (χ2v) is 4.99. The van der Waals surface area contributed by atoms with Crippen LogP contribution in [0, 0.1) is 0 Å². The van der Waals surface area contributed by atoms with E-state index in [4.69, 9.17) is 17.1 Å². The van der Waals surface area contributed by atoms with Crippen molar-refractivity contribution in [1.82, 2.24) is 0 Å². The van der Waals surface area contributed by atoms with Crippen molar-refractivity contribution in [3.8, 4) is 0 Å². The summed E-state index contributed by atoms with van der Waals surface area (Å²) < 4.78 is 4.66. The highest BCUT2D eigenvalue weighted by Gasteiger charge is 2.20. The van der Waals surface area contributed by atoms with Gasteiger partial charge in [0.25, 0.3) is 0 Å². The van der Waals surface area contributed by atoms with Crippen LogP contribution < -0.4 is 4.90 Å². The van der Waals surface area contributed by atoms with Gasteiger partial charge in [-0.1, -0.05) is 16.7 Å². The Hall–Kier alpha value is -1.91. The van der Waals surface area contributed by atoms with E-state index in [2.05, 4.69) is 19.7 Å². The number of anilines is 1. The number of azide groups is 1. The van der Waals surface area contributed by atoms with Crippen molar-refractivity contribution < 1.29 is 9.53 Å². The molecule has 7 heteroatoms. The summed E-state index contributed by atoms with van der Waals surface area (Å²) in [6, 6.07) is 5.20. The van der Waals surface area contributed by atoms with Crippen molar-refractivity contribution in [2.75, 3.05) is 25.1 Å². The number of esters is 1. The van der Waals surface area contributed by atoms with Crippen LogP contribution in [0.3, 0.4) is 0 Å². The Kier molecular flexibility index (Phi) is 4.71. The molecule has 0 aliphatic carbocycles. The Morgan fingerprint density at radius 2 is 2.20 bits per heavy atom. The number of halogens is 1. The van der Waals surface area contributed by atoms with Crippen LogP contribution >= 0.6 is 11.6 Å². The van der Waals surface area contributed by atoms with Crippen molar-refractivity contribution in [3.63, 3.8) is 0 Å². The molecule has 1 saturated heterocycles.